The molecule has 2 saturated carbocycles. The molecule has 6 nitrogen and oxygen atoms in total. The highest BCUT2D eigenvalue weighted by molar-refractivity contribution is 7.92. The predicted octanol–water partition coefficient (Wildman–Crippen LogP) is 1.91. The minimum Gasteiger partial charge on any atom is -0.312 e. The first-order valence-corrected chi connectivity index (χ1v) is 10.2. The predicted molar refractivity (Wildman–Crippen MR) is 84.1 cm³/mol. The molecule has 5 atom stereocenters. The summed E-state index contributed by atoms with van der Waals surface area (Å²) < 4.78 is 26.3. The molecule has 2 aliphatic carbocycles. The summed E-state index contributed by atoms with van der Waals surface area (Å²) in [5, 5.41) is 13.5. The molecule has 1 aliphatic heterocycles. The standard InChI is InChI=1S/C15H26N2O4S/c18-17(19)12-7-1-2-8-13(12)22(20,21)14-9-3-5-11-6-4-10-16-15(11)14/h11-16H,1-10H2. The Bertz CT molecular complexity index is 520. The van der Waals surface area contributed by atoms with Crippen molar-refractivity contribution in [3.05, 3.63) is 10.1 Å². The Hall–Kier alpha value is -0.690. The van der Waals surface area contributed by atoms with E-state index in [2.05, 4.69) is 5.32 Å². The molecule has 0 aromatic carbocycles. The number of nitrogens with one attached hydrogen (secondary N) is 1. The third kappa shape index (κ3) is 2.89. The van der Waals surface area contributed by atoms with E-state index >= 15 is 0 Å². The van der Waals surface area contributed by atoms with E-state index in [1.54, 1.807) is 0 Å². The number of hydrogen-bond donors (Lipinski definition) is 1. The number of hydrogen-bond acceptors (Lipinski definition) is 5. The van der Waals surface area contributed by atoms with Gasteiger partial charge in [0.15, 0.2) is 9.84 Å². The summed E-state index contributed by atoms with van der Waals surface area (Å²) in [6, 6.07) is -0.885. The van der Waals surface area contributed by atoms with Crippen LogP contribution in [0.2, 0.25) is 0 Å². The zero-order chi connectivity index (χ0) is 15.7. The van der Waals surface area contributed by atoms with Crippen LogP contribution in [0.4, 0.5) is 0 Å². The van der Waals surface area contributed by atoms with Crippen LogP contribution in [0.1, 0.15) is 57.8 Å². The van der Waals surface area contributed by atoms with Gasteiger partial charge in [-0.1, -0.05) is 12.8 Å². The molecule has 0 aromatic heterocycles. The van der Waals surface area contributed by atoms with Crippen LogP contribution in [0.5, 0.6) is 0 Å². The highest BCUT2D eigenvalue weighted by Crippen LogP contribution is 2.38. The molecular weight excluding hydrogens is 304 g/mol. The van der Waals surface area contributed by atoms with Crippen LogP contribution in [-0.4, -0.2) is 42.5 Å². The van der Waals surface area contributed by atoms with E-state index < -0.39 is 26.4 Å². The van der Waals surface area contributed by atoms with Crippen LogP contribution in [-0.2, 0) is 9.84 Å². The zero-order valence-corrected chi connectivity index (χ0v) is 13.8. The lowest BCUT2D eigenvalue weighted by atomic mass is 9.79. The number of nitro groups is 1. The molecule has 0 spiro atoms. The van der Waals surface area contributed by atoms with Gasteiger partial charge in [0.1, 0.15) is 5.25 Å². The van der Waals surface area contributed by atoms with Gasteiger partial charge in [0, 0.05) is 17.4 Å². The molecule has 0 radical (unpaired) electrons. The molecule has 1 heterocycles. The lowest BCUT2D eigenvalue weighted by molar-refractivity contribution is -0.524. The topological polar surface area (TPSA) is 89.3 Å². The van der Waals surface area contributed by atoms with Crippen molar-refractivity contribution in [3.8, 4) is 0 Å². The number of nitrogens with zero attached hydrogens (tertiary/aromatic N) is 1. The SMILES string of the molecule is O=[N+]([O-])C1CCCCC1S(=O)(=O)C1CCCC2CCCNC21. The van der Waals surface area contributed by atoms with Crippen molar-refractivity contribution < 1.29 is 13.3 Å². The summed E-state index contributed by atoms with van der Waals surface area (Å²) in [5.41, 5.74) is 0. The van der Waals surface area contributed by atoms with Crippen LogP contribution in [0.25, 0.3) is 0 Å². The van der Waals surface area contributed by atoms with Crippen molar-refractivity contribution in [1.82, 2.24) is 5.32 Å². The van der Waals surface area contributed by atoms with Crippen LogP contribution in [0.3, 0.4) is 0 Å². The Morgan fingerprint density at radius 3 is 2.36 bits per heavy atom. The molecule has 126 valence electrons. The fourth-order valence-electron chi connectivity index (χ4n) is 4.79. The number of sulfone groups is 1. The second-order valence-corrected chi connectivity index (χ2v) is 9.51. The number of piperidine rings is 1. The summed E-state index contributed by atoms with van der Waals surface area (Å²) in [5.74, 6) is 0.430. The van der Waals surface area contributed by atoms with Gasteiger partial charge >= 0.3 is 0 Å². The smallest absolute Gasteiger partial charge is 0.229 e. The summed E-state index contributed by atoms with van der Waals surface area (Å²) >= 11 is 0. The molecule has 22 heavy (non-hydrogen) atoms. The van der Waals surface area contributed by atoms with E-state index in [9.17, 15) is 18.5 Å². The molecule has 3 aliphatic rings. The maximum atomic E-state index is 13.2. The Morgan fingerprint density at radius 1 is 0.909 bits per heavy atom. The number of fused-ring (bicyclic) bond motifs is 1. The molecule has 0 aromatic rings. The zero-order valence-electron chi connectivity index (χ0n) is 12.9. The Labute approximate surface area is 132 Å². The highest BCUT2D eigenvalue weighted by atomic mass is 32.2. The summed E-state index contributed by atoms with van der Waals surface area (Å²) in [4.78, 5) is 11.0. The molecule has 0 bridgehead atoms. The normalized spacial score (nSPS) is 39.9. The van der Waals surface area contributed by atoms with Gasteiger partial charge in [-0.2, -0.15) is 0 Å². The Balaban J connectivity index is 1.85. The van der Waals surface area contributed by atoms with Gasteiger partial charge in [-0.3, -0.25) is 10.1 Å². The van der Waals surface area contributed by atoms with Crippen LogP contribution in [0, 0.1) is 16.0 Å². The Kier molecular flexibility index (Phi) is 4.73. The van der Waals surface area contributed by atoms with Gasteiger partial charge in [-0.05, 0) is 51.0 Å². The average Bonchev–Trinajstić information content (AvgIpc) is 2.54. The first-order chi connectivity index (χ1) is 10.5. The fourth-order valence-corrected chi connectivity index (χ4v) is 7.63. The fraction of sp³-hybridized carbons (Fsp3) is 1.00. The Morgan fingerprint density at radius 2 is 1.59 bits per heavy atom. The van der Waals surface area contributed by atoms with E-state index in [1.165, 1.54) is 0 Å². The third-order valence-corrected chi connectivity index (χ3v) is 8.65. The average molecular weight is 330 g/mol. The number of rotatable bonds is 3. The molecule has 3 fully saturated rings. The summed E-state index contributed by atoms with van der Waals surface area (Å²) in [6.07, 6.45) is 7.32. The molecule has 1 N–H and O–H groups in total. The van der Waals surface area contributed by atoms with Gasteiger partial charge < -0.3 is 5.32 Å². The van der Waals surface area contributed by atoms with E-state index in [0.29, 0.717) is 25.2 Å². The van der Waals surface area contributed by atoms with Crippen molar-refractivity contribution in [1.29, 1.82) is 0 Å². The first-order valence-electron chi connectivity index (χ1n) is 8.61. The molecule has 5 unspecified atom stereocenters. The van der Waals surface area contributed by atoms with Gasteiger partial charge in [0.2, 0.25) is 6.04 Å². The monoisotopic (exact) mass is 330 g/mol. The van der Waals surface area contributed by atoms with Gasteiger partial charge in [0.25, 0.3) is 0 Å². The van der Waals surface area contributed by atoms with E-state index in [0.717, 1.165) is 45.1 Å². The van der Waals surface area contributed by atoms with Gasteiger partial charge in [-0.15, -0.1) is 0 Å². The third-order valence-electron chi connectivity index (χ3n) is 5.89. The largest absolute Gasteiger partial charge is 0.312 e. The van der Waals surface area contributed by atoms with E-state index in [1.807, 2.05) is 0 Å². The minimum absolute atomic E-state index is 0.0156. The molecular formula is C15H26N2O4S. The van der Waals surface area contributed by atoms with Crippen molar-refractivity contribution in [3.63, 3.8) is 0 Å². The van der Waals surface area contributed by atoms with Gasteiger partial charge in [-0.25, -0.2) is 8.42 Å². The van der Waals surface area contributed by atoms with Crippen molar-refractivity contribution in [2.45, 2.75) is 80.4 Å². The second kappa shape index (κ2) is 6.43. The van der Waals surface area contributed by atoms with Crippen molar-refractivity contribution in [2.24, 2.45) is 5.92 Å². The second-order valence-electron chi connectivity index (χ2n) is 7.12. The van der Waals surface area contributed by atoms with Crippen LogP contribution in [0.15, 0.2) is 0 Å². The molecule has 0 amide bonds. The lowest BCUT2D eigenvalue weighted by Gasteiger charge is -2.43. The summed E-state index contributed by atoms with van der Waals surface area (Å²) in [7, 11) is -3.45. The quantitative estimate of drug-likeness (QED) is 0.630. The van der Waals surface area contributed by atoms with E-state index in [4.69, 9.17) is 0 Å². The van der Waals surface area contributed by atoms with Crippen LogP contribution >= 0.6 is 0 Å². The van der Waals surface area contributed by atoms with Gasteiger partial charge in [0.05, 0.1) is 5.25 Å². The molecule has 1 saturated heterocycles. The van der Waals surface area contributed by atoms with Crippen molar-refractivity contribution >= 4 is 9.84 Å². The maximum absolute atomic E-state index is 13.2. The van der Waals surface area contributed by atoms with Crippen LogP contribution < -0.4 is 5.32 Å². The molecule has 3 rings (SSSR count). The maximum Gasteiger partial charge on any atom is 0.229 e. The highest BCUT2D eigenvalue weighted by Gasteiger charge is 2.50. The summed E-state index contributed by atoms with van der Waals surface area (Å²) in [6.45, 7) is 0.872. The van der Waals surface area contributed by atoms with Crippen molar-refractivity contribution in [2.75, 3.05) is 6.54 Å². The first kappa shape index (κ1) is 16.2. The lowest BCUT2D eigenvalue weighted by Crippen LogP contribution is -2.57. The van der Waals surface area contributed by atoms with E-state index in [-0.39, 0.29) is 11.0 Å². The minimum atomic E-state index is -3.45. The molecule has 7 heteroatoms.